The summed E-state index contributed by atoms with van der Waals surface area (Å²) >= 11 is 0. The summed E-state index contributed by atoms with van der Waals surface area (Å²) in [5.74, 6) is 4.25. The molecule has 0 aromatic heterocycles. The van der Waals surface area contributed by atoms with E-state index in [1.807, 2.05) is 0 Å². The van der Waals surface area contributed by atoms with Crippen LogP contribution in [0, 0.1) is 51.8 Å². The summed E-state index contributed by atoms with van der Waals surface area (Å²) in [6.45, 7) is 16.1. The van der Waals surface area contributed by atoms with Crippen molar-refractivity contribution in [2.24, 2.45) is 56.7 Å². The van der Waals surface area contributed by atoms with Crippen LogP contribution in [0.3, 0.4) is 0 Å². The second kappa shape index (κ2) is 7.09. The third kappa shape index (κ3) is 2.99. The highest BCUT2D eigenvalue weighted by molar-refractivity contribution is 5.75. The highest BCUT2D eigenvalue weighted by atomic mass is 16.4. The van der Waals surface area contributed by atoms with Crippen LogP contribution in [0.15, 0.2) is 22.3 Å². The SMILES string of the molecule is CC(C)CC12CCC3C(C)(CCC[C@@]3(C)C3=C=N3)C1=CC(C)C(C(C)C)C2C(=O)O. The van der Waals surface area contributed by atoms with Gasteiger partial charge in [0.1, 0.15) is 5.70 Å². The van der Waals surface area contributed by atoms with Crippen molar-refractivity contribution in [2.75, 3.05) is 0 Å². The number of nitrogens with zero attached hydrogens (tertiary/aromatic N) is 1. The lowest BCUT2D eigenvalue weighted by atomic mass is 9.39. The second-order valence-corrected chi connectivity index (χ2v) is 12.2. The first-order valence-corrected chi connectivity index (χ1v) is 12.3. The molecule has 30 heavy (non-hydrogen) atoms. The molecule has 0 radical (unpaired) electrons. The van der Waals surface area contributed by atoms with Gasteiger partial charge in [0, 0.05) is 16.7 Å². The second-order valence-electron chi connectivity index (χ2n) is 12.2. The summed E-state index contributed by atoms with van der Waals surface area (Å²) in [6, 6.07) is 0. The van der Waals surface area contributed by atoms with Crippen molar-refractivity contribution < 1.29 is 9.90 Å². The van der Waals surface area contributed by atoms with Crippen LogP contribution < -0.4 is 0 Å². The third-order valence-corrected chi connectivity index (χ3v) is 9.55. The Morgan fingerprint density at radius 1 is 1.20 bits per heavy atom. The van der Waals surface area contributed by atoms with Gasteiger partial charge in [-0.25, -0.2) is 0 Å². The lowest BCUT2D eigenvalue weighted by molar-refractivity contribution is -0.157. The van der Waals surface area contributed by atoms with E-state index in [0.717, 1.165) is 19.3 Å². The summed E-state index contributed by atoms with van der Waals surface area (Å²) in [6.07, 6.45) is 9.23. The van der Waals surface area contributed by atoms with Crippen molar-refractivity contribution in [1.82, 2.24) is 0 Å². The number of carbonyl (C=O) groups is 1. The van der Waals surface area contributed by atoms with Gasteiger partial charge in [-0.15, -0.1) is 0 Å². The minimum Gasteiger partial charge on any atom is -0.481 e. The Bertz CT molecular complexity index is 832. The van der Waals surface area contributed by atoms with E-state index in [1.165, 1.54) is 30.5 Å². The Morgan fingerprint density at radius 3 is 2.37 bits per heavy atom. The van der Waals surface area contributed by atoms with Crippen LogP contribution in [-0.2, 0) is 4.79 Å². The van der Waals surface area contributed by atoms with Gasteiger partial charge in [0.05, 0.1) is 5.92 Å². The number of carboxylic acids is 1. The van der Waals surface area contributed by atoms with Crippen LogP contribution in [0.5, 0.6) is 0 Å². The molecule has 0 bridgehead atoms. The molecule has 166 valence electrons. The summed E-state index contributed by atoms with van der Waals surface area (Å²) in [5, 5.41) is 10.6. The fourth-order valence-electron chi connectivity index (χ4n) is 8.69. The molecule has 6 unspecified atom stereocenters. The molecule has 0 saturated heterocycles. The van der Waals surface area contributed by atoms with Crippen LogP contribution in [-0.4, -0.2) is 16.9 Å². The van der Waals surface area contributed by atoms with Gasteiger partial charge in [0.15, 0.2) is 0 Å². The third-order valence-electron chi connectivity index (χ3n) is 9.55. The lowest BCUT2D eigenvalue weighted by Crippen LogP contribution is -2.59. The predicted octanol–water partition coefficient (Wildman–Crippen LogP) is 6.74. The highest BCUT2D eigenvalue weighted by Gasteiger charge is 2.64. The largest absolute Gasteiger partial charge is 0.481 e. The van der Waals surface area contributed by atoms with Crippen LogP contribution in [0.4, 0.5) is 0 Å². The van der Waals surface area contributed by atoms with Crippen molar-refractivity contribution in [3.8, 4) is 0 Å². The number of fused-ring (bicyclic) bond motifs is 3. The number of hydrogen-bond acceptors (Lipinski definition) is 2. The van der Waals surface area contributed by atoms with Crippen LogP contribution in [0.25, 0.3) is 0 Å². The molecular formula is C27H41NO2. The number of rotatable bonds is 5. The molecule has 2 saturated carbocycles. The van der Waals surface area contributed by atoms with Crippen molar-refractivity contribution in [3.63, 3.8) is 0 Å². The quantitative estimate of drug-likeness (QED) is 0.509. The average Bonchev–Trinajstić information content (AvgIpc) is 3.46. The van der Waals surface area contributed by atoms with Gasteiger partial charge in [0.2, 0.25) is 0 Å². The molecule has 4 rings (SSSR count). The monoisotopic (exact) mass is 411 g/mol. The summed E-state index contributed by atoms with van der Waals surface area (Å²) < 4.78 is 0. The minimum atomic E-state index is -0.569. The van der Waals surface area contributed by atoms with Crippen LogP contribution in [0.1, 0.15) is 87.0 Å². The fraction of sp³-hybridized carbons (Fsp3) is 0.815. The highest BCUT2D eigenvalue weighted by Crippen LogP contribution is 2.71. The molecule has 0 amide bonds. The van der Waals surface area contributed by atoms with E-state index in [0.29, 0.717) is 23.7 Å². The molecule has 7 atom stereocenters. The standard InChI is InChI=1S/C27H41NO2/c1-16(2)14-27-12-9-19-25(6,10-8-11-26(19,7)21-15-28-21)20(27)13-18(5)22(17(3)4)23(27)24(29)30/h13,16-19,22-23H,8-12,14H2,1-7H3,(H,29,30)/t18?,19?,22?,23?,25?,26-,27?/m1/s1. The maximum Gasteiger partial charge on any atom is 0.307 e. The zero-order valence-corrected chi connectivity index (χ0v) is 20.1. The Labute approximate surface area is 183 Å². The molecule has 0 aromatic rings. The first-order chi connectivity index (χ1) is 14.0. The molecule has 3 heteroatoms. The molecular weight excluding hydrogens is 370 g/mol. The molecule has 1 heterocycles. The topological polar surface area (TPSA) is 49.7 Å². The first-order valence-electron chi connectivity index (χ1n) is 12.3. The summed E-state index contributed by atoms with van der Waals surface area (Å²) in [5.41, 5.74) is 2.66. The molecule has 1 aliphatic heterocycles. The van der Waals surface area contributed by atoms with E-state index >= 15 is 0 Å². The number of aliphatic carboxylic acids is 1. The van der Waals surface area contributed by atoms with Gasteiger partial charge in [0.25, 0.3) is 0 Å². The Kier molecular flexibility index (Phi) is 5.17. The van der Waals surface area contributed by atoms with Gasteiger partial charge in [-0.1, -0.05) is 66.5 Å². The van der Waals surface area contributed by atoms with E-state index < -0.39 is 5.97 Å². The van der Waals surface area contributed by atoms with E-state index in [2.05, 4.69) is 65.4 Å². The van der Waals surface area contributed by atoms with Gasteiger partial charge >= 0.3 is 5.97 Å². The van der Waals surface area contributed by atoms with Crippen molar-refractivity contribution in [2.45, 2.75) is 87.0 Å². The number of carboxylic acid groups (broad SMARTS) is 1. The zero-order valence-electron chi connectivity index (χ0n) is 20.1. The number of hydrogen-bond donors (Lipinski definition) is 1. The average molecular weight is 412 g/mol. The lowest BCUT2D eigenvalue weighted by Gasteiger charge is -2.64. The van der Waals surface area contributed by atoms with Gasteiger partial charge in [-0.05, 0) is 67.1 Å². The summed E-state index contributed by atoms with van der Waals surface area (Å²) in [4.78, 5) is 17.3. The zero-order chi connectivity index (χ0) is 22.1. The fourth-order valence-corrected chi connectivity index (χ4v) is 8.69. The van der Waals surface area contributed by atoms with Gasteiger partial charge < -0.3 is 5.11 Å². The molecule has 0 spiro atoms. The molecule has 0 aromatic carbocycles. The van der Waals surface area contributed by atoms with Gasteiger partial charge in [-0.3, -0.25) is 4.79 Å². The van der Waals surface area contributed by atoms with Crippen LogP contribution in [0.2, 0.25) is 0 Å². The maximum absolute atomic E-state index is 12.9. The van der Waals surface area contributed by atoms with E-state index in [9.17, 15) is 9.90 Å². The Balaban J connectivity index is 1.89. The van der Waals surface area contributed by atoms with E-state index in [4.69, 9.17) is 0 Å². The van der Waals surface area contributed by atoms with Crippen molar-refractivity contribution >= 4 is 11.8 Å². The smallest absolute Gasteiger partial charge is 0.307 e. The van der Waals surface area contributed by atoms with E-state index in [1.54, 1.807) is 0 Å². The summed E-state index contributed by atoms with van der Waals surface area (Å²) in [7, 11) is 0. The van der Waals surface area contributed by atoms with Crippen molar-refractivity contribution in [3.05, 3.63) is 17.3 Å². The maximum atomic E-state index is 12.9. The normalized spacial score (nSPS) is 45.0. The van der Waals surface area contributed by atoms with E-state index in [-0.39, 0.29) is 28.1 Å². The Morgan fingerprint density at radius 2 is 1.83 bits per heavy atom. The Hall–Kier alpha value is -1.34. The molecule has 1 N–H and O–H groups in total. The predicted molar refractivity (Wildman–Crippen MR) is 122 cm³/mol. The van der Waals surface area contributed by atoms with Crippen LogP contribution >= 0.6 is 0 Å². The first kappa shape index (κ1) is 21.9. The number of allylic oxidation sites excluding steroid dienone is 3. The van der Waals surface area contributed by atoms with Crippen molar-refractivity contribution in [1.29, 1.82) is 0 Å². The number of aliphatic imine (C=N–C) groups is 1. The van der Waals surface area contributed by atoms with Gasteiger partial charge in [-0.2, -0.15) is 4.99 Å². The molecule has 3 nitrogen and oxygen atoms in total. The molecule has 2 fully saturated rings. The minimum absolute atomic E-state index is 0.0663. The molecule has 3 aliphatic carbocycles. The molecule has 4 aliphatic rings.